The number of esters is 1. The third kappa shape index (κ3) is 3.25. The maximum atomic E-state index is 12.1. The monoisotopic (exact) mass is 253 g/mol. The van der Waals surface area contributed by atoms with Crippen LogP contribution in [-0.2, 0) is 9.53 Å². The number of carbonyl (C=O) groups excluding carboxylic acids is 1. The number of hydrogen-bond donors (Lipinski definition) is 1. The zero-order valence-electron chi connectivity index (χ0n) is 12.2. The molecule has 2 aliphatic rings. The lowest BCUT2D eigenvalue weighted by Crippen LogP contribution is -2.48. The lowest BCUT2D eigenvalue weighted by molar-refractivity contribution is -0.160. The van der Waals surface area contributed by atoms with Gasteiger partial charge >= 0.3 is 5.97 Å². The summed E-state index contributed by atoms with van der Waals surface area (Å²) in [5.41, 5.74) is 0.309. The molecule has 18 heavy (non-hydrogen) atoms. The van der Waals surface area contributed by atoms with E-state index in [1.807, 2.05) is 6.92 Å². The molecule has 1 saturated heterocycles. The van der Waals surface area contributed by atoms with Crippen LogP contribution in [0.3, 0.4) is 0 Å². The second kappa shape index (κ2) is 5.20. The summed E-state index contributed by atoms with van der Waals surface area (Å²) < 4.78 is 5.75. The summed E-state index contributed by atoms with van der Waals surface area (Å²) in [7, 11) is 0. The molecule has 0 aromatic carbocycles. The molecule has 1 aliphatic heterocycles. The minimum atomic E-state index is 0.0106. The molecular formula is C15H27NO2. The third-order valence-corrected chi connectivity index (χ3v) is 4.52. The zero-order chi connectivity index (χ0) is 13.3. The van der Waals surface area contributed by atoms with Crippen LogP contribution in [0.2, 0.25) is 0 Å². The van der Waals surface area contributed by atoms with E-state index in [4.69, 9.17) is 4.74 Å². The lowest BCUT2D eigenvalue weighted by atomic mass is 9.71. The number of nitrogens with one attached hydrogen (secondary N) is 1. The van der Waals surface area contributed by atoms with Crippen LogP contribution in [0.15, 0.2) is 0 Å². The van der Waals surface area contributed by atoms with E-state index in [1.165, 1.54) is 6.42 Å². The van der Waals surface area contributed by atoms with E-state index in [-0.39, 0.29) is 18.0 Å². The fourth-order valence-corrected chi connectivity index (χ4v) is 3.48. The Morgan fingerprint density at radius 3 is 2.50 bits per heavy atom. The van der Waals surface area contributed by atoms with Crippen LogP contribution in [0, 0.1) is 23.2 Å². The predicted molar refractivity (Wildman–Crippen MR) is 72.2 cm³/mol. The van der Waals surface area contributed by atoms with Crippen molar-refractivity contribution in [1.29, 1.82) is 0 Å². The summed E-state index contributed by atoms with van der Waals surface area (Å²) >= 11 is 0. The van der Waals surface area contributed by atoms with Crippen molar-refractivity contribution in [2.45, 2.75) is 53.1 Å². The molecule has 0 aromatic rings. The van der Waals surface area contributed by atoms with E-state index in [2.05, 4.69) is 26.1 Å². The average molecular weight is 253 g/mol. The first-order chi connectivity index (χ1) is 8.37. The molecular weight excluding hydrogens is 226 g/mol. The van der Waals surface area contributed by atoms with Gasteiger partial charge in [-0.05, 0) is 49.6 Å². The van der Waals surface area contributed by atoms with E-state index in [0.717, 1.165) is 25.9 Å². The Bertz CT molecular complexity index is 310. The second-order valence-electron chi connectivity index (χ2n) is 7.18. The van der Waals surface area contributed by atoms with Crippen molar-refractivity contribution in [2.24, 2.45) is 23.2 Å². The van der Waals surface area contributed by atoms with E-state index in [0.29, 0.717) is 17.3 Å². The quantitative estimate of drug-likeness (QED) is 0.786. The molecule has 3 nitrogen and oxygen atoms in total. The van der Waals surface area contributed by atoms with Crippen LogP contribution >= 0.6 is 0 Å². The number of hydrogen-bond acceptors (Lipinski definition) is 3. The molecule has 0 amide bonds. The summed E-state index contributed by atoms with van der Waals surface area (Å²) in [5, 5.41) is 3.21. The minimum absolute atomic E-state index is 0.0106. The maximum Gasteiger partial charge on any atom is 0.309 e. The van der Waals surface area contributed by atoms with E-state index < -0.39 is 0 Å². The summed E-state index contributed by atoms with van der Waals surface area (Å²) in [6.45, 7) is 10.8. The Morgan fingerprint density at radius 1 is 1.33 bits per heavy atom. The number of ether oxygens (including phenoxy) is 1. The molecule has 1 aliphatic carbocycles. The number of rotatable bonds is 3. The Balaban J connectivity index is 1.86. The highest BCUT2D eigenvalue weighted by molar-refractivity contribution is 5.72. The van der Waals surface area contributed by atoms with E-state index in [9.17, 15) is 4.79 Å². The SMILES string of the molecule is CC1CC(OC(=O)C(C)C2CNC2)CC(C)(C)C1. The predicted octanol–water partition coefficient (Wildman–Crippen LogP) is 2.60. The topological polar surface area (TPSA) is 38.3 Å². The fraction of sp³-hybridized carbons (Fsp3) is 0.933. The summed E-state index contributed by atoms with van der Waals surface area (Å²) in [4.78, 5) is 12.1. The summed E-state index contributed by atoms with van der Waals surface area (Å²) in [6.07, 6.45) is 3.42. The molecule has 3 unspecified atom stereocenters. The maximum absolute atomic E-state index is 12.1. The van der Waals surface area contributed by atoms with Gasteiger partial charge in [-0.15, -0.1) is 0 Å². The molecule has 0 aromatic heterocycles. The molecule has 3 heteroatoms. The Hall–Kier alpha value is -0.570. The minimum Gasteiger partial charge on any atom is -0.462 e. The van der Waals surface area contributed by atoms with Gasteiger partial charge in [-0.2, -0.15) is 0 Å². The highest BCUT2D eigenvalue weighted by Gasteiger charge is 2.36. The molecule has 2 fully saturated rings. The summed E-state index contributed by atoms with van der Waals surface area (Å²) in [5.74, 6) is 1.20. The van der Waals surface area contributed by atoms with Gasteiger partial charge in [0.25, 0.3) is 0 Å². The molecule has 0 spiro atoms. The first-order valence-corrected chi connectivity index (χ1v) is 7.28. The van der Waals surface area contributed by atoms with Crippen LogP contribution in [0.1, 0.15) is 47.0 Å². The normalized spacial score (nSPS) is 33.6. The van der Waals surface area contributed by atoms with Crippen molar-refractivity contribution < 1.29 is 9.53 Å². The highest BCUT2D eigenvalue weighted by Crippen LogP contribution is 2.40. The molecule has 1 heterocycles. The van der Waals surface area contributed by atoms with Gasteiger partial charge in [0, 0.05) is 0 Å². The van der Waals surface area contributed by atoms with Crippen molar-refractivity contribution in [1.82, 2.24) is 5.32 Å². The Kier molecular flexibility index (Phi) is 4.00. The van der Waals surface area contributed by atoms with Gasteiger partial charge in [0.05, 0.1) is 5.92 Å². The standard InChI is InChI=1S/C15H27NO2/c1-10-5-13(7-15(3,4)6-10)18-14(17)11(2)12-8-16-9-12/h10-13,16H,5-9H2,1-4H3. The van der Waals surface area contributed by atoms with Gasteiger partial charge in [0.1, 0.15) is 6.10 Å². The van der Waals surface area contributed by atoms with Gasteiger partial charge in [0.15, 0.2) is 0 Å². The van der Waals surface area contributed by atoms with Gasteiger partial charge in [-0.25, -0.2) is 0 Å². The van der Waals surface area contributed by atoms with Crippen LogP contribution < -0.4 is 5.32 Å². The van der Waals surface area contributed by atoms with Crippen LogP contribution in [0.4, 0.5) is 0 Å². The van der Waals surface area contributed by atoms with Crippen LogP contribution in [0.25, 0.3) is 0 Å². The first-order valence-electron chi connectivity index (χ1n) is 7.28. The molecule has 1 saturated carbocycles. The van der Waals surface area contributed by atoms with Crippen molar-refractivity contribution >= 4 is 5.97 Å². The first kappa shape index (κ1) is 13.9. The Labute approximate surface area is 111 Å². The van der Waals surface area contributed by atoms with E-state index in [1.54, 1.807) is 0 Å². The van der Waals surface area contributed by atoms with Gasteiger partial charge in [-0.3, -0.25) is 4.79 Å². The van der Waals surface area contributed by atoms with E-state index >= 15 is 0 Å². The molecule has 3 atom stereocenters. The highest BCUT2D eigenvalue weighted by atomic mass is 16.5. The second-order valence-corrected chi connectivity index (χ2v) is 7.18. The third-order valence-electron chi connectivity index (χ3n) is 4.52. The molecule has 0 radical (unpaired) electrons. The summed E-state index contributed by atoms with van der Waals surface area (Å²) in [6, 6.07) is 0. The van der Waals surface area contributed by atoms with Crippen LogP contribution in [0.5, 0.6) is 0 Å². The van der Waals surface area contributed by atoms with Crippen molar-refractivity contribution in [3.8, 4) is 0 Å². The smallest absolute Gasteiger partial charge is 0.309 e. The van der Waals surface area contributed by atoms with Crippen molar-refractivity contribution in [3.05, 3.63) is 0 Å². The molecule has 2 rings (SSSR count). The Morgan fingerprint density at radius 2 is 2.00 bits per heavy atom. The van der Waals surface area contributed by atoms with Gasteiger partial charge in [-0.1, -0.05) is 27.7 Å². The van der Waals surface area contributed by atoms with Gasteiger partial charge < -0.3 is 10.1 Å². The average Bonchev–Trinajstić information content (AvgIpc) is 2.10. The molecule has 1 N–H and O–H groups in total. The molecule has 104 valence electrons. The lowest BCUT2D eigenvalue weighted by Gasteiger charge is -2.39. The van der Waals surface area contributed by atoms with Crippen molar-refractivity contribution in [2.75, 3.05) is 13.1 Å². The number of carbonyl (C=O) groups is 1. The van der Waals surface area contributed by atoms with Crippen LogP contribution in [-0.4, -0.2) is 25.2 Å². The van der Waals surface area contributed by atoms with Crippen molar-refractivity contribution in [3.63, 3.8) is 0 Å². The molecule has 0 bridgehead atoms. The zero-order valence-corrected chi connectivity index (χ0v) is 12.2. The largest absolute Gasteiger partial charge is 0.462 e. The fourth-order valence-electron chi connectivity index (χ4n) is 3.48. The van der Waals surface area contributed by atoms with Gasteiger partial charge in [0.2, 0.25) is 0 Å².